The molecule has 2 aliphatic rings. The lowest BCUT2D eigenvalue weighted by molar-refractivity contribution is 0.344. The van der Waals surface area contributed by atoms with E-state index in [4.69, 9.17) is 4.99 Å². The predicted octanol–water partition coefficient (Wildman–Crippen LogP) is 4.47. The van der Waals surface area contributed by atoms with Crippen molar-refractivity contribution in [3.8, 4) is 0 Å². The molecule has 0 unspecified atom stereocenters. The van der Waals surface area contributed by atoms with Crippen LogP contribution in [0.2, 0.25) is 0 Å². The van der Waals surface area contributed by atoms with Crippen LogP contribution in [0.1, 0.15) is 30.5 Å². The Balaban J connectivity index is 1.81. The normalized spacial score (nSPS) is 18.8. The first-order chi connectivity index (χ1) is 12.7. The quantitative estimate of drug-likeness (QED) is 0.747. The molecule has 0 bridgehead atoms. The monoisotopic (exact) mass is 351 g/mol. The van der Waals surface area contributed by atoms with E-state index in [1.165, 1.54) is 25.5 Å². The smallest absolute Gasteiger partial charge is 0.357 e. The van der Waals surface area contributed by atoms with Gasteiger partial charge in [0.1, 0.15) is 5.84 Å². The van der Waals surface area contributed by atoms with E-state index >= 15 is 0 Å². The highest BCUT2D eigenvalue weighted by atomic mass is 19.2. The van der Waals surface area contributed by atoms with Gasteiger partial charge in [0, 0.05) is 24.4 Å². The Morgan fingerprint density at radius 1 is 0.923 bits per heavy atom. The summed E-state index contributed by atoms with van der Waals surface area (Å²) in [4.78, 5) is 7.08. The van der Waals surface area contributed by atoms with E-state index in [-0.39, 0.29) is 0 Å². The van der Waals surface area contributed by atoms with Crippen LogP contribution < -0.4 is 0 Å². The van der Waals surface area contributed by atoms with Crippen LogP contribution in [0.3, 0.4) is 0 Å². The zero-order chi connectivity index (χ0) is 17.9. The lowest BCUT2D eigenvalue weighted by atomic mass is 9.99. The molecule has 4 rings (SSSR count). The van der Waals surface area contributed by atoms with Crippen molar-refractivity contribution >= 4 is 18.8 Å². The number of allylic oxidation sites excluding steroid dienone is 1. The molecule has 0 radical (unpaired) electrons. The molecule has 0 amide bonds. The minimum absolute atomic E-state index is 0.481. The summed E-state index contributed by atoms with van der Waals surface area (Å²) in [7, 11) is -2.59. The third-order valence-corrected chi connectivity index (χ3v) is 4.87. The fourth-order valence-corrected chi connectivity index (χ4v) is 3.60. The van der Waals surface area contributed by atoms with Crippen LogP contribution >= 0.6 is 0 Å². The predicted molar refractivity (Wildman–Crippen MR) is 102 cm³/mol. The van der Waals surface area contributed by atoms with Crippen molar-refractivity contribution in [3.63, 3.8) is 0 Å². The summed E-state index contributed by atoms with van der Waals surface area (Å²) in [5.74, 6) is 0.934. The van der Waals surface area contributed by atoms with Gasteiger partial charge in [0.2, 0.25) is 0 Å². The van der Waals surface area contributed by atoms with Gasteiger partial charge in [0.15, 0.2) is 0 Å². The van der Waals surface area contributed by atoms with E-state index in [1.807, 2.05) is 42.5 Å². The lowest BCUT2D eigenvalue weighted by Gasteiger charge is -2.27. The number of halogens is 2. The number of hydrogen-bond acceptors (Lipinski definition) is 2. The van der Waals surface area contributed by atoms with Gasteiger partial charge in [0.05, 0.1) is 5.70 Å². The first kappa shape index (κ1) is 16.8. The fourth-order valence-electron chi connectivity index (χ4n) is 3.60. The molecular weight excluding hydrogens is 331 g/mol. The molecule has 26 heavy (non-hydrogen) atoms. The molecule has 0 N–H and O–H groups in total. The second-order valence-corrected chi connectivity index (χ2v) is 6.56. The number of hydrogen-bond donors (Lipinski definition) is 0. The molecule has 1 fully saturated rings. The molecule has 1 saturated heterocycles. The fraction of sp³-hybridized carbons (Fsp3) is 0.250. The molecular formula is C20H20BF2N3. The summed E-state index contributed by atoms with van der Waals surface area (Å²) in [5, 5.41) is 0. The Kier molecular flexibility index (Phi) is 4.74. The molecule has 0 aliphatic carbocycles. The highest BCUT2D eigenvalue weighted by molar-refractivity contribution is 6.41. The Bertz CT molecular complexity index is 862. The number of aliphatic imine (C=N–C) groups is 1. The van der Waals surface area contributed by atoms with E-state index in [2.05, 4.69) is 4.90 Å². The number of aromatic nitrogens is 1. The zero-order valence-electron chi connectivity index (χ0n) is 14.5. The lowest BCUT2D eigenvalue weighted by Crippen LogP contribution is -2.33. The van der Waals surface area contributed by atoms with Crippen molar-refractivity contribution in [3.05, 3.63) is 77.8 Å². The summed E-state index contributed by atoms with van der Waals surface area (Å²) in [6, 6.07) is 13.0. The maximum atomic E-state index is 13.5. The maximum absolute atomic E-state index is 13.5. The second kappa shape index (κ2) is 7.32. The Morgan fingerprint density at radius 3 is 2.42 bits per heavy atom. The average molecular weight is 351 g/mol. The summed E-state index contributed by atoms with van der Waals surface area (Å²) < 4.78 is 27.9. The van der Waals surface area contributed by atoms with Gasteiger partial charge in [-0.25, -0.2) is 4.99 Å². The Hall–Kier alpha value is -2.63. The topological polar surface area (TPSA) is 20.5 Å². The van der Waals surface area contributed by atoms with Gasteiger partial charge in [-0.3, -0.25) is 8.63 Å². The molecule has 0 atom stereocenters. The van der Waals surface area contributed by atoms with Crippen molar-refractivity contribution in [2.45, 2.75) is 19.3 Å². The van der Waals surface area contributed by atoms with Crippen LogP contribution in [0.5, 0.6) is 0 Å². The van der Waals surface area contributed by atoms with Gasteiger partial charge in [-0.1, -0.05) is 30.3 Å². The minimum Gasteiger partial charge on any atom is -0.357 e. The number of piperidine rings is 1. The van der Waals surface area contributed by atoms with Crippen LogP contribution in [0.4, 0.5) is 8.63 Å². The molecule has 0 saturated carbocycles. The van der Waals surface area contributed by atoms with Crippen molar-refractivity contribution in [1.82, 2.24) is 9.38 Å². The van der Waals surface area contributed by atoms with Crippen molar-refractivity contribution in [2.75, 3.05) is 13.1 Å². The second-order valence-electron chi connectivity index (χ2n) is 6.56. The van der Waals surface area contributed by atoms with Crippen LogP contribution in [-0.2, 0) is 0 Å². The van der Waals surface area contributed by atoms with Crippen molar-refractivity contribution in [1.29, 1.82) is 0 Å². The van der Waals surface area contributed by atoms with Crippen molar-refractivity contribution in [2.24, 2.45) is 4.99 Å². The van der Waals surface area contributed by atoms with E-state index in [1.54, 1.807) is 12.1 Å². The Morgan fingerprint density at radius 2 is 1.69 bits per heavy atom. The van der Waals surface area contributed by atoms with E-state index in [9.17, 15) is 8.63 Å². The van der Waals surface area contributed by atoms with Gasteiger partial charge in [0.25, 0.3) is 0 Å². The maximum Gasteiger partial charge on any atom is 0.677 e. The molecule has 3 nitrogen and oxygen atoms in total. The van der Waals surface area contributed by atoms with Gasteiger partial charge in [-0.05, 0) is 55.3 Å². The first-order valence-electron chi connectivity index (χ1n) is 9.01. The molecule has 2 aliphatic heterocycles. The summed E-state index contributed by atoms with van der Waals surface area (Å²) in [6.07, 6.45) is 8.95. The summed E-state index contributed by atoms with van der Waals surface area (Å²) in [5.41, 5.74) is 2.84. The van der Waals surface area contributed by atoms with Crippen LogP contribution in [0.15, 0.2) is 71.5 Å². The first-order valence-corrected chi connectivity index (χ1v) is 9.01. The summed E-state index contributed by atoms with van der Waals surface area (Å²) in [6.45, 7) is 2.01. The third-order valence-electron chi connectivity index (χ3n) is 4.87. The number of benzene rings is 1. The van der Waals surface area contributed by atoms with Gasteiger partial charge >= 0.3 is 7.40 Å². The van der Waals surface area contributed by atoms with Crippen LogP contribution in [0.25, 0.3) is 5.57 Å². The van der Waals surface area contributed by atoms with Crippen molar-refractivity contribution < 1.29 is 8.63 Å². The van der Waals surface area contributed by atoms with Gasteiger partial charge in [-0.2, -0.15) is 0 Å². The van der Waals surface area contributed by atoms with Gasteiger partial charge < -0.3 is 9.38 Å². The highest BCUT2D eigenvalue weighted by Crippen LogP contribution is 2.31. The molecule has 132 valence electrons. The standard InChI is InChI=1S/C20H20BF2N3/c22-21(23)26-15-7-10-18(26)20(16-8-3-1-4-9-16)17-11-12-19(24-17)25-13-5-2-6-14-25/h1,3-4,7-12,15H,2,5-6,13-14H2/b20-17+. The molecule has 6 heteroatoms. The van der Waals surface area contributed by atoms with Crippen LogP contribution in [-0.4, -0.2) is 35.7 Å². The Labute approximate surface area is 152 Å². The number of nitrogens with zero attached hydrogens (tertiary/aromatic N) is 3. The summed E-state index contributed by atoms with van der Waals surface area (Å²) >= 11 is 0. The molecule has 1 aromatic carbocycles. The number of likely N-dealkylation sites (tertiary alicyclic amines) is 1. The largest absolute Gasteiger partial charge is 0.677 e. The molecule has 1 aromatic heterocycles. The number of amidine groups is 1. The average Bonchev–Trinajstić information content (AvgIpc) is 3.34. The third kappa shape index (κ3) is 3.23. The van der Waals surface area contributed by atoms with E-state index in [0.717, 1.165) is 40.2 Å². The van der Waals surface area contributed by atoms with Gasteiger partial charge in [-0.15, -0.1) is 0 Å². The molecule has 3 heterocycles. The van der Waals surface area contributed by atoms with Crippen LogP contribution in [0, 0.1) is 0 Å². The SMILES string of the molecule is FB(F)n1cccc1/C(=C1\C=CC(N2CCCCC2)=N1)c1ccccc1. The minimum atomic E-state index is -2.59. The molecule has 0 spiro atoms. The zero-order valence-corrected chi connectivity index (χ0v) is 14.5. The highest BCUT2D eigenvalue weighted by Gasteiger charge is 2.25. The number of rotatable bonds is 3. The molecule has 2 aromatic rings. The van der Waals surface area contributed by atoms with E-state index in [0.29, 0.717) is 5.69 Å². The van der Waals surface area contributed by atoms with E-state index < -0.39 is 7.40 Å².